The van der Waals surface area contributed by atoms with Gasteiger partial charge in [0.15, 0.2) is 5.84 Å². The van der Waals surface area contributed by atoms with Crippen LogP contribution in [0.2, 0.25) is 0 Å². The summed E-state index contributed by atoms with van der Waals surface area (Å²) in [5.41, 5.74) is 11.8. The standard InChI is InChI=1S/C11H12N4O/c1-6-5-7(8-3-2-4-16-8)9-10(12)14-15-11(9)13-6/h2-5,11,13,15H,1H3,(H2,12,14). The van der Waals surface area contributed by atoms with E-state index in [1.54, 1.807) is 6.26 Å². The number of nitrogens with zero attached hydrogens (tertiary/aromatic N) is 1. The van der Waals surface area contributed by atoms with Gasteiger partial charge in [0.05, 0.1) is 11.8 Å². The van der Waals surface area contributed by atoms with Crippen molar-refractivity contribution in [1.29, 1.82) is 0 Å². The quantitative estimate of drug-likeness (QED) is 0.647. The lowest BCUT2D eigenvalue weighted by molar-refractivity contribution is 0.542. The summed E-state index contributed by atoms with van der Waals surface area (Å²) < 4.78 is 5.41. The van der Waals surface area contributed by atoms with Crippen molar-refractivity contribution in [3.8, 4) is 0 Å². The second-order valence-electron chi connectivity index (χ2n) is 3.84. The molecular weight excluding hydrogens is 204 g/mol. The first kappa shape index (κ1) is 9.08. The first-order valence-corrected chi connectivity index (χ1v) is 5.07. The number of nitrogens with two attached hydrogens (primary N) is 1. The zero-order valence-electron chi connectivity index (χ0n) is 8.82. The molecule has 2 aliphatic heterocycles. The maximum absolute atomic E-state index is 5.85. The van der Waals surface area contributed by atoms with Gasteiger partial charge in [-0.05, 0) is 25.1 Å². The molecule has 0 amide bonds. The Hall–Kier alpha value is -2.17. The molecule has 0 aliphatic carbocycles. The third kappa shape index (κ3) is 1.21. The first-order valence-electron chi connectivity index (χ1n) is 5.07. The minimum atomic E-state index is -0.0508. The first-order chi connectivity index (χ1) is 7.75. The third-order valence-electron chi connectivity index (χ3n) is 2.69. The molecule has 5 nitrogen and oxygen atoms in total. The molecule has 3 rings (SSSR count). The summed E-state index contributed by atoms with van der Waals surface area (Å²) in [6.07, 6.45) is 3.61. The number of hydrazone groups is 1. The second-order valence-corrected chi connectivity index (χ2v) is 3.84. The predicted octanol–water partition coefficient (Wildman–Crippen LogP) is 0.742. The number of furan rings is 1. The van der Waals surface area contributed by atoms with Gasteiger partial charge in [-0.25, -0.2) is 0 Å². The van der Waals surface area contributed by atoms with E-state index in [1.165, 1.54) is 0 Å². The van der Waals surface area contributed by atoms with Crippen LogP contribution in [0.5, 0.6) is 0 Å². The molecule has 0 aromatic carbocycles. The molecule has 0 saturated heterocycles. The Morgan fingerprint density at radius 3 is 3.12 bits per heavy atom. The Kier molecular flexibility index (Phi) is 1.80. The molecule has 1 atom stereocenters. The zero-order valence-corrected chi connectivity index (χ0v) is 8.82. The molecule has 5 heteroatoms. The summed E-state index contributed by atoms with van der Waals surface area (Å²) in [4.78, 5) is 0. The van der Waals surface area contributed by atoms with Gasteiger partial charge in [0.25, 0.3) is 0 Å². The van der Waals surface area contributed by atoms with E-state index in [9.17, 15) is 0 Å². The summed E-state index contributed by atoms with van der Waals surface area (Å²) in [6, 6.07) is 3.78. The van der Waals surface area contributed by atoms with Gasteiger partial charge in [-0.15, -0.1) is 0 Å². The van der Waals surface area contributed by atoms with Crippen molar-refractivity contribution in [3.05, 3.63) is 41.5 Å². The predicted molar refractivity (Wildman–Crippen MR) is 61.1 cm³/mol. The molecule has 4 N–H and O–H groups in total. The van der Waals surface area contributed by atoms with Gasteiger partial charge < -0.3 is 15.5 Å². The van der Waals surface area contributed by atoms with E-state index in [-0.39, 0.29) is 6.17 Å². The average molecular weight is 216 g/mol. The summed E-state index contributed by atoms with van der Waals surface area (Å²) in [7, 11) is 0. The molecule has 0 saturated carbocycles. The topological polar surface area (TPSA) is 75.6 Å². The van der Waals surface area contributed by atoms with Gasteiger partial charge in [-0.1, -0.05) is 0 Å². The maximum atomic E-state index is 5.85. The molecule has 0 bridgehead atoms. The molecule has 2 aliphatic rings. The van der Waals surface area contributed by atoms with Crippen molar-refractivity contribution < 1.29 is 4.42 Å². The van der Waals surface area contributed by atoms with Crippen LogP contribution in [0.4, 0.5) is 0 Å². The van der Waals surface area contributed by atoms with E-state index in [2.05, 4.69) is 15.8 Å². The molecule has 16 heavy (non-hydrogen) atoms. The zero-order chi connectivity index (χ0) is 11.1. The van der Waals surface area contributed by atoms with E-state index >= 15 is 0 Å². The summed E-state index contributed by atoms with van der Waals surface area (Å²) in [5.74, 6) is 1.32. The number of allylic oxidation sites excluding steroid dienone is 3. The van der Waals surface area contributed by atoms with Gasteiger partial charge in [-0.3, -0.25) is 5.43 Å². The molecule has 0 radical (unpaired) electrons. The number of nitrogens with one attached hydrogen (secondary N) is 2. The Balaban J connectivity index is 2.18. The van der Waals surface area contributed by atoms with Crippen molar-refractivity contribution in [2.75, 3.05) is 0 Å². The van der Waals surface area contributed by atoms with Crippen LogP contribution in [0.3, 0.4) is 0 Å². The fourth-order valence-electron chi connectivity index (χ4n) is 2.00. The van der Waals surface area contributed by atoms with Gasteiger partial charge in [0.2, 0.25) is 0 Å². The van der Waals surface area contributed by atoms with Crippen LogP contribution >= 0.6 is 0 Å². The van der Waals surface area contributed by atoms with Crippen molar-refractivity contribution in [3.63, 3.8) is 0 Å². The van der Waals surface area contributed by atoms with Crippen LogP contribution < -0.4 is 16.5 Å². The highest BCUT2D eigenvalue weighted by atomic mass is 16.3. The van der Waals surface area contributed by atoms with Gasteiger partial charge >= 0.3 is 0 Å². The fourth-order valence-corrected chi connectivity index (χ4v) is 2.00. The summed E-state index contributed by atoms with van der Waals surface area (Å²) in [6.45, 7) is 2.00. The van der Waals surface area contributed by atoms with Crippen LogP contribution in [0.25, 0.3) is 5.57 Å². The van der Waals surface area contributed by atoms with Crippen LogP contribution in [0, 0.1) is 0 Å². The van der Waals surface area contributed by atoms with E-state index in [0.717, 1.165) is 22.6 Å². The summed E-state index contributed by atoms with van der Waals surface area (Å²) in [5, 5.41) is 7.28. The van der Waals surface area contributed by atoms with Crippen LogP contribution in [-0.2, 0) is 0 Å². The van der Waals surface area contributed by atoms with Crippen molar-refractivity contribution in [1.82, 2.24) is 10.7 Å². The maximum Gasteiger partial charge on any atom is 0.151 e. The van der Waals surface area contributed by atoms with E-state index in [1.807, 2.05) is 25.1 Å². The molecule has 82 valence electrons. The highest BCUT2D eigenvalue weighted by molar-refractivity contribution is 6.08. The second kappa shape index (κ2) is 3.16. The van der Waals surface area contributed by atoms with Crippen molar-refractivity contribution in [2.45, 2.75) is 13.1 Å². The number of dihydropyridines is 1. The Labute approximate surface area is 92.7 Å². The lowest BCUT2D eigenvalue weighted by Gasteiger charge is -2.22. The minimum Gasteiger partial charge on any atom is -0.464 e. The Morgan fingerprint density at radius 1 is 1.50 bits per heavy atom. The lowest BCUT2D eigenvalue weighted by Crippen LogP contribution is -2.40. The van der Waals surface area contributed by atoms with Crippen LogP contribution in [0.15, 0.2) is 45.3 Å². The molecule has 0 spiro atoms. The molecule has 1 unspecified atom stereocenters. The van der Waals surface area contributed by atoms with Crippen LogP contribution in [-0.4, -0.2) is 12.0 Å². The van der Waals surface area contributed by atoms with Crippen molar-refractivity contribution >= 4 is 11.4 Å². The Morgan fingerprint density at radius 2 is 2.38 bits per heavy atom. The van der Waals surface area contributed by atoms with Gasteiger partial charge in [-0.2, -0.15) is 5.10 Å². The Bertz CT molecular complexity index is 510. The number of hydrogen-bond acceptors (Lipinski definition) is 5. The molecule has 1 aromatic heterocycles. The fraction of sp³-hybridized carbons (Fsp3) is 0.182. The highest BCUT2D eigenvalue weighted by Crippen LogP contribution is 2.28. The molecule has 0 fully saturated rings. The van der Waals surface area contributed by atoms with E-state index in [4.69, 9.17) is 10.2 Å². The van der Waals surface area contributed by atoms with Crippen molar-refractivity contribution in [2.24, 2.45) is 10.8 Å². The van der Waals surface area contributed by atoms with Gasteiger partial charge in [0.1, 0.15) is 11.9 Å². The normalized spacial score (nSPS) is 23.2. The monoisotopic (exact) mass is 216 g/mol. The highest BCUT2D eigenvalue weighted by Gasteiger charge is 2.30. The average Bonchev–Trinajstić information content (AvgIpc) is 2.87. The lowest BCUT2D eigenvalue weighted by atomic mass is 9.98. The number of rotatable bonds is 1. The SMILES string of the molecule is CC1=CC(c2ccco2)=C2C(N)=NNC2N1. The smallest absolute Gasteiger partial charge is 0.151 e. The third-order valence-corrected chi connectivity index (χ3v) is 2.69. The molecule has 1 aromatic rings. The minimum absolute atomic E-state index is 0.0508. The number of fused-ring (bicyclic) bond motifs is 1. The van der Waals surface area contributed by atoms with Gasteiger partial charge in [0, 0.05) is 11.3 Å². The number of hydrogen-bond donors (Lipinski definition) is 3. The molecule has 3 heterocycles. The largest absolute Gasteiger partial charge is 0.464 e. The molecular formula is C11H12N4O. The van der Waals surface area contributed by atoms with E-state index < -0.39 is 0 Å². The van der Waals surface area contributed by atoms with Crippen LogP contribution in [0.1, 0.15) is 12.7 Å². The number of amidine groups is 1. The summed E-state index contributed by atoms with van der Waals surface area (Å²) >= 11 is 0. The van der Waals surface area contributed by atoms with E-state index in [0.29, 0.717) is 5.84 Å².